The second-order valence-corrected chi connectivity index (χ2v) is 7.46. The number of benzene rings is 1. The lowest BCUT2D eigenvalue weighted by Crippen LogP contribution is -2.59. The fourth-order valence-corrected chi connectivity index (χ4v) is 3.03. The van der Waals surface area contributed by atoms with Crippen molar-refractivity contribution in [2.45, 2.75) is 65.3 Å². The number of hydrogen-bond acceptors (Lipinski definition) is 3. The molecular formula is C19H30N2O2. The van der Waals surface area contributed by atoms with Crippen LogP contribution in [0.5, 0.6) is 0 Å². The normalized spacial score (nSPS) is 22.9. The summed E-state index contributed by atoms with van der Waals surface area (Å²) in [6.45, 7) is 12.6. The predicted molar refractivity (Wildman–Crippen MR) is 93.3 cm³/mol. The van der Waals surface area contributed by atoms with E-state index in [9.17, 15) is 4.79 Å². The average molecular weight is 318 g/mol. The zero-order valence-corrected chi connectivity index (χ0v) is 15.1. The highest BCUT2D eigenvalue weighted by Gasteiger charge is 2.35. The molecule has 0 spiro atoms. The van der Waals surface area contributed by atoms with Crippen LogP contribution in [0.15, 0.2) is 30.3 Å². The lowest BCUT2D eigenvalue weighted by atomic mass is 10.0. The molecule has 4 heteroatoms. The Hall–Kier alpha value is -1.55. The molecule has 2 rings (SSSR count). The standard InChI is InChI=1S/C19H30N2O2/c1-6-17-14-20(13-16-10-8-7-9-11-16)15(2)12-21(17)18(22)23-19(3,4)5/h7-11,15,17H,6,12-14H2,1-5H3/t15-,17-/m1/s1. The third kappa shape index (κ3) is 4.96. The first-order valence-corrected chi connectivity index (χ1v) is 8.57. The van der Waals surface area contributed by atoms with Gasteiger partial charge >= 0.3 is 6.09 Å². The molecule has 1 aliphatic heterocycles. The summed E-state index contributed by atoms with van der Waals surface area (Å²) in [6, 6.07) is 11.1. The first kappa shape index (κ1) is 17.8. The van der Waals surface area contributed by atoms with Crippen molar-refractivity contribution >= 4 is 6.09 Å². The van der Waals surface area contributed by atoms with Gasteiger partial charge in [0, 0.05) is 31.7 Å². The molecule has 0 bridgehead atoms. The maximum atomic E-state index is 12.5. The monoisotopic (exact) mass is 318 g/mol. The van der Waals surface area contributed by atoms with Crippen molar-refractivity contribution in [3.8, 4) is 0 Å². The molecule has 128 valence electrons. The topological polar surface area (TPSA) is 32.8 Å². The van der Waals surface area contributed by atoms with Crippen molar-refractivity contribution < 1.29 is 9.53 Å². The van der Waals surface area contributed by atoms with Gasteiger partial charge in [0.2, 0.25) is 0 Å². The second kappa shape index (κ2) is 7.35. The van der Waals surface area contributed by atoms with Crippen molar-refractivity contribution in [2.24, 2.45) is 0 Å². The molecule has 2 atom stereocenters. The van der Waals surface area contributed by atoms with Crippen LogP contribution in [-0.2, 0) is 11.3 Å². The fourth-order valence-electron chi connectivity index (χ4n) is 3.03. The van der Waals surface area contributed by atoms with Crippen LogP contribution in [0.4, 0.5) is 4.79 Å². The average Bonchev–Trinajstić information content (AvgIpc) is 2.48. The number of piperazine rings is 1. The van der Waals surface area contributed by atoms with E-state index in [4.69, 9.17) is 4.74 Å². The fraction of sp³-hybridized carbons (Fsp3) is 0.632. The zero-order chi connectivity index (χ0) is 17.0. The Morgan fingerprint density at radius 1 is 1.22 bits per heavy atom. The van der Waals surface area contributed by atoms with Gasteiger partial charge in [0.1, 0.15) is 5.60 Å². The molecular weight excluding hydrogens is 288 g/mol. The van der Waals surface area contributed by atoms with E-state index in [1.165, 1.54) is 5.56 Å². The summed E-state index contributed by atoms with van der Waals surface area (Å²) in [5.41, 5.74) is 0.875. The van der Waals surface area contributed by atoms with E-state index in [1.807, 2.05) is 31.7 Å². The molecule has 0 saturated carbocycles. The van der Waals surface area contributed by atoms with Crippen molar-refractivity contribution in [2.75, 3.05) is 13.1 Å². The third-order valence-corrected chi connectivity index (χ3v) is 4.30. The van der Waals surface area contributed by atoms with Crippen LogP contribution in [-0.4, -0.2) is 46.7 Å². The van der Waals surface area contributed by atoms with E-state index in [0.29, 0.717) is 6.04 Å². The van der Waals surface area contributed by atoms with Crippen LogP contribution in [0.2, 0.25) is 0 Å². The summed E-state index contributed by atoms with van der Waals surface area (Å²) in [4.78, 5) is 16.9. The molecule has 0 aromatic heterocycles. The summed E-state index contributed by atoms with van der Waals surface area (Å²) >= 11 is 0. The molecule has 0 unspecified atom stereocenters. The van der Waals surface area contributed by atoms with Crippen molar-refractivity contribution in [1.82, 2.24) is 9.80 Å². The molecule has 0 radical (unpaired) electrons. The first-order chi connectivity index (χ1) is 10.8. The van der Waals surface area contributed by atoms with E-state index in [1.54, 1.807) is 0 Å². The number of carbonyl (C=O) groups is 1. The number of carbonyl (C=O) groups excluding carboxylic acids is 1. The van der Waals surface area contributed by atoms with Gasteiger partial charge in [0.25, 0.3) is 0 Å². The van der Waals surface area contributed by atoms with Crippen LogP contribution in [0.25, 0.3) is 0 Å². The highest BCUT2D eigenvalue weighted by atomic mass is 16.6. The molecule has 1 aromatic rings. The van der Waals surface area contributed by atoms with Gasteiger partial charge in [-0.05, 0) is 39.7 Å². The molecule has 1 fully saturated rings. The second-order valence-electron chi connectivity index (χ2n) is 7.46. The van der Waals surface area contributed by atoms with E-state index in [-0.39, 0.29) is 12.1 Å². The maximum absolute atomic E-state index is 12.5. The summed E-state index contributed by atoms with van der Waals surface area (Å²) in [6.07, 6.45) is 0.757. The van der Waals surface area contributed by atoms with E-state index in [2.05, 4.69) is 43.0 Å². The van der Waals surface area contributed by atoms with Crippen molar-refractivity contribution in [1.29, 1.82) is 0 Å². The Morgan fingerprint density at radius 3 is 2.43 bits per heavy atom. The Balaban J connectivity index is 2.04. The Bertz CT molecular complexity index is 510. The minimum atomic E-state index is -0.445. The van der Waals surface area contributed by atoms with Crippen molar-refractivity contribution in [3.05, 3.63) is 35.9 Å². The van der Waals surface area contributed by atoms with Crippen LogP contribution in [0.3, 0.4) is 0 Å². The molecule has 1 saturated heterocycles. The number of hydrogen-bond donors (Lipinski definition) is 0. The predicted octanol–water partition coefficient (Wildman–Crippen LogP) is 3.91. The molecule has 4 nitrogen and oxygen atoms in total. The minimum absolute atomic E-state index is 0.185. The Morgan fingerprint density at radius 2 is 1.87 bits per heavy atom. The van der Waals surface area contributed by atoms with Crippen LogP contribution < -0.4 is 0 Å². The summed E-state index contributed by atoms with van der Waals surface area (Å²) in [5.74, 6) is 0. The van der Waals surface area contributed by atoms with Gasteiger partial charge in [-0.3, -0.25) is 4.90 Å². The molecule has 1 amide bonds. The largest absolute Gasteiger partial charge is 0.444 e. The van der Waals surface area contributed by atoms with Gasteiger partial charge in [-0.2, -0.15) is 0 Å². The smallest absolute Gasteiger partial charge is 0.410 e. The van der Waals surface area contributed by atoms with Gasteiger partial charge in [-0.15, -0.1) is 0 Å². The van der Waals surface area contributed by atoms with Gasteiger partial charge < -0.3 is 9.64 Å². The lowest BCUT2D eigenvalue weighted by Gasteiger charge is -2.45. The quantitative estimate of drug-likeness (QED) is 0.847. The minimum Gasteiger partial charge on any atom is -0.444 e. The Kier molecular flexibility index (Phi) is 5.69. The van der Waals surface area contributed by atoms with Gasteiger partial charge in [0.05, 0.1) is 0 Å². The Labute approximate surface area is 140 Å². The number of ether oxygens (including phenoxy) is 1. The van der Waals surface area contributed by atoms with Crippen LogP contribution in [0.1, 0.15) is 46.6 Å². The highest BCUT2D eigenvalue weighted by molar-refractivity contribution is 5.68. The van der Waals surface area contributed by atoms with Crippen molar-refractivity contribution in [3.63, 3.8) is 0 Å². The van der Waals surface area contributed by atoms with E-state index >= 15 is 0 Å². The van der Waals surface area contributed by atoms with Crippen LogP contribution >= 0.6 is 0 Å². The molecule has 0 N–H and O–H groups in total. The zero-order valence-electron chi connectivity index (χ0n) is 15.1. The SMILES string of the molecule is CC[C@@H]1CN(Cc2ccccc2)[C@H](C)CN1C(=O)OC(C)(C)C. The summed E-state index contributed by atoms with van der Waals surface area (Å²) < 4.78 is 5.58. The van der Waals surface area contributed by atoms with Gasteiger partial charge in [-0.1, -0.05) is 37.3 Å². The summed E-state index contributed by atoms with van der Waals surface area (Å²) in [7, 11) is 0. The van der Waals surface area contributed by atoms with E-state index in [0.717, 1.165) is 26.1 Å². The van der Waals surface area contributed by atoms with Gasteiger partial charge in [0.15, 0.2) is 0 Å². The summed E-state index contributed by atoms with van der Waals surface area (Å²) in [5, 5.41) is 0. The lowest BCUT2D eigenvalue weighted by molar-refractivity contribution is -0.0158. The van der Waals surface area contributed by atoms with E-state index < -0.39 is 5.60 Å². The molecule has 0 aliphatic carbocycles. The highest BCUT2D eigenvalue weighted by Crippen LogP contribution is 2.22. The third-order valence-electron chi connectivity index (χ3n) is 4.30. The number of rotatable bonds is 3. The molecule has 1 aliphatic rings. The number of nitrogens with zero attached hydrogens (tertiary/aromatic N) is 2. The number of amides is 1. The maximum Gasteiger partial charge on any atom is 0.410 e. The first-order valence-electron chi connectivity index (χ1n) is 8.57. The molecule has 23 heavy (non-hydrogen) atoms. The molecule has 1 heterocycles. The van der Waals surface area contributed by atoms with Crippen LogP contribution in [0, 0.1) is 0 Å². The molecule has 1 aromatic carbocycles. The van der Waals surface area contributed by atoms with Gasteiger partial charge in [-0.25, -0.2) is 4.79 Å².